The number of aliphatic hydroxyl groups is 1. The summed E-state index contributed by atoms with van der Waals surface area (Å²) < 4.78 is 5.78. The summed E-state index contributed by atoms with van der Waals surface area (Å²) in [6.45, 7) is 5.18. The molecule has 1 aromatic carbocycles. The maximum Gasteiger partial charge on any atom is 0.0723 e. The van der Waals surface area contributed by atoms with E-state index in [2.05, 4.69) is 19.9 Å². The molecule has 0 radical (unpaired) electrons. The largest absolute Gasteiger partial charge is 0.392 e. The molecule has 1 N–H and O–H groups in total. The lowest BCUT2D eigenvalue weighted by Crippen LogP contribution is -2.27. The van der Waals surface area contributed by atoms with Gasteiger partial charge in [0.25, 0.3) is 0 Å². The van der Waals surface area contributed by atoms with Gasteiger partial charge in [0.2, 0.25) is 0 Å². The van der Waals surface area contributed by atoms with E-state index >= 15 is 0 Å². The first kappa shape index (κ1) is 10.7. The molecule has 0 aliphatic carbocycles. The topological polar surface area (TPSA) is 29.5 Å². The van der Waals surface area contributed by atoms with Crippen LogP contribution in [0.25, 0.3) is 0 Å². The van der Waals surface area contributed by atoms with Crippen molar-refractivity contribution in [1.29, 1.82) is 0 Å². The Hall–Kier alpha value is -0.860. The van der Waals surface area contributed by atoms with E-state index in [1.165, 1.54) is 11.1 Å². The van der Waals surface area contributed by atoms with Gasteiger partial charge in [-0.1, -0.05) is 32.0 Å². The molecule has 2 heteroatoms. The van der Waals surface area contributed by atoms with E-state index < -0.39 is 0 Å². The summed E-state index contributed by atoms with van der Waals surface area (Å²) in [5.41, 5.74) is 3.58. The molecule has 15 heavy (non-hydrogen) atoms. The summed E-state index contributed by atoms with van der Waals surface area (Å²) in [7, 11) is 0. The van der Waals surface area contributed by atoms with Crippen LogP contribution in [0.4, 0.5) is 0 Å². The first-order chi connectivity index (χ1) is 7.20. The van der Waals surface area contributed by atoms with Crippen molar-refractivity contribution in [3.8, 4) is 0 Å². The van der Waals surface area contributed by atoms with Crippen LogP contribution in [0.3, 0.4) is 0 Å². The summed E-state index contributed by atoms with van der Waals surface area (Å²) in [5.74, 6) is 0.565. The Labute approximate surface area is 90.9 Å². The summed E-state index contributed by atoms with van der Waals surface area (Å²) in [4.78, 5) is 0. The minimum Gasteiger partial charge on any atom is -0.392 e. The van der Waals surface area contributed by atoms with Gasteiger partial charge in [-0.3, -0.25) is 0 Å². The fourth-order valence-corrected chi connectivity index (χ4v) is 2.01. The highest BCUT2D eigenvalue weighted by atomic mass is 16.5. The predicted octanol–water partition coefficient (Wildman–Crippen LogP) is 2.28. The van der Waals surface area contributed by atoms with Gasteiger partial charge >= 0.3 is 0 Å². The van der Waals surface area contributed by atoms with Crippen molar-refractivity contribution in [3.05, 3.63) is 34.9 Å². The smallest absolute Gasteiger partial charge is 0.0723 e. The van der Waals surface area contributed by atoms with Crippen LogP contribution in [-0.2, 0) is 24.4 Å². The highest BCUT2D eigenvalue weighted by molar-refractivity contribution is 5.33. The van der Waals surface area contributed by atoms with Crippen LogP contribution in [-0.4, -0.2) is 11.2 Å². The molecule has 1 unspecified atom stereocenters. The van der Waals surface area contributed by atoms with E-state index in [0.717, 1.165) is 12.0 Å². The molecule has 0 fully saturated rings. The molecule has 1 heterocycles. The van der Waals surface area contributed by atoms with Gasteiger partial charge in [0.15, 0.2) is 0 Å². The van der Waals surface area contributed by atoms with Crippen LogP contribution < -0.4 is 0 Å². The quantitative estimate of drug-likeness (QED) is 0.804. The average Bonchev–Trinajstić information content (AvgIpc) is 2.27. The fourth-order valence-electron chi connectivity index (χ4n) is 2.01. The molecule has 1 atom stereocenters. The highest BCUT2D eigenvalue weighted by Crippen LogP contribution is 2.25. The van der Waals surface area contributed by atoms with Gasteiger partial charge in [-0.05, 0) is 29.0 Å². The van der Waals surface area contributed by atoms with E-state index in [4.69, 9.17) is 9.84 Å². The third-order valence-electron chi connectivity index (χ3n) is 3.07. The van der Waals surface area contributed by atoms with Crippen LogP contribution in [0.1, 0.15) is 30.5 Å². The van der Waals surface area contributed by atoms with Crippen molar-refractivity contribution in [2.24, 2.45) is 5.92 Å². The normalized spacial score (nSPS) is 20.4. The van der Waals surface area contributed by atoms with Crippen molar-refractivity contribution >= 4 is 0 Å². The fraction of sp³-hybridized carbons (Fsp3) is 0.538. The lowest BCUT2D eigenvalue weighted by molar-refractivity contribution is -0.000363. The molecule has 0 saturated heterocycles. The van der Waals surface area contributed by atoms with Crippen LogP contribution in [0.5, 0.6) is 0 Å². The Bertz CT molecular complexity index is 344. The van der Waals surface area contributed by atoms with Gasteiger partial charge < -0.3 is 9.84 Å². The Morgan fingerprint density at radius 3 is 2.87 bits per heavy atom. The highest BCUT2D eigenvalue weighted by Gasteiger charge is 2.21. The van der Waals surface area contributed by atoms with Crippen LogP contribution in [0, 0.1) is 5.92 Å². The third kappa shape index (κ3) is 2.21. The molecule has 2 nitrogen and oxygen atoms in total. The van der Waals surface area contributed by atoms with Gasteiger partial charge in [0.05, 0.1) is 19.3 Å². The van der Waals surface area contributed by atoms with Crippen molar-refractivity contribution in [2.45, 2.75) is 39.6 Å². The molecule has 0 saturated carbocycles. The lowest BCUT2D eigenvalue weighted by Gasteiger charge is -2.28. The Morgan fingerprint density at radius 1 is 1.40 bits per heavy atom. The number of ether oxygens (including phenoxy) is 1. The zero-order valence-electron chi connectivity index (χ0n) is 9.36. The van der Waals surface area contributed by atoms with Crippen LogP contribution in [0.15, 0.2) is 18.2 Å². The molecular formula is C13H18O2. The van der Waals surface area contributed by atoms with Gasteiger partial charge in [0.1, 0.15) is 0 Å². The standard InChI is InChI=1S/C13H18O2/c1-9(2)13-6-11-4-3-10(7-14)5-12(11)8-15-13/h3-5,9,13-14H,6-8H2,1-2H3. The van der Waals surface area contributed by atoms with Crippen molar-refractivity contribution < 1.29 is 9.84 Å². The van der Waals surface area contributed by atoms with Crippen LogP contribution in [0.2, 0.25) is 0 Å². The Balaban J connectivity index is 2.21. The zero-order chi connectivity index (χ0) is 10.8. The maximum absolute atomic E-state index is 9.04. The SMILES string of the molecule is CC(C)C1Cc2ccc(CO)cc2CO1. The first-order valence-corrected chi connectivity index (χ1v) is 5.54. The van der Waals surface area contributed by atoms with Gasteiger partial charge in [0, 0.05) is 0 Å². The third-order valence-corrected chi connectivity index (χ3v) is 3.07. The predicted molar refractivity (Wildman–Crippen MR) is 59.5 cm³/mol. The molecule has 0 bridgehead atoms. The maximum atomic E-state index is 9.04. The van der Waals surface area contributed by atoms with E-state index in [1.54, 1.807) is 0 Å². The molecule has 1 aliphatic rings. The number of aliphatic hydroxyl groups excluding tert-OH is 1. The van der Waals surface area contributed by atoms with Gasteiger partial charge in [-0.2, -0.15) is 0 Å². The van der Waals surface area contributed by atoms with Crippen molar-refractivity contribution in [2.75, 3.05) is 0 Å². The second-order valence-corrected chi connectivity index (χ2v) is 4.56. The number of hydrogen-bond acceptors (Lipinski definition) is 2. The summed E-state index contributed by atoms with van der Waals surface area (Å²) in [5, 5.41) is 9.04. The lowest BCUT2D eigenvalue weighted by atomic mass is 9.92. The Kier molecular flexibility index (Phi) is 3.08. The van der Waals surface area contributed by atoms with E-state index in [9.17, 15) is 0 Å². The monoisotopic (exact) mass is 206 g/mol. The van der Waals surface area contributed by atoms with Crippen molar-refractivity contribution in [3.63, 3.8) is 0 Å². The number of rotatable bonds is 2. The minimum atomic E-state index is 0.112. The summed E-state index contributed by atoms with van der Waals surface area (Å²) >= 11 is 0. The first-order valence-electron chi connectivity index (χ1n) is 5.54. The van der Waals surface area contributed by atoms with Gasteiger partial charge in [-0.25, -0.2) is 0 Å². The molecule has 2 rings (SSSR count). The van der Waals surface area contributed by atoms with Gasteiger partial charge in [-0.15, -0.1) is 0 Å². The van der Waals surface area contributed by atoms with Crippen LogP contribution >= 0.6 is 0 Å². The molecular weight excluding hydrogens is 188 g/mol. The van der Waals surface area contributed by atoms with E-state index in [0.29, 0.717) is 18.6 Å². The molecule has 82 valence electrons. The summed E-state index contributed by atoms with van der Waals surface area (Å²) in [6.07, 6.45) is 1.34. The van der Waals surface area contributed by atoms with E-state index in [1.807, 2.05) is 12.1 Å². The zero-order valence-corrected chi connectivity index (χ0v) is 9.36. The number of hydrogen-bond donors (Lipinski definition) is 1. The molecule has 1 aliphatic heterocycles. The number of fused-ring (bicyclic) bond motifs is 1. The summed E-state index contributed by atoms with van der Waals surface area (Å²) in [6, 6.07) is 6.17. The molecule has 0 aromatic heterocycles. The number of benzene rings is 1. The second kappa shape index (κ2) is 4.33. The van der Waals surface area contributed by atoms with Crippen molar-refractivity contribution in [1.82, 2.24) is 0 Å². The average molecular weight is 206 g/mol. The Morgan fingerprint density at radius 2 is 2.20 bits per heavy atom. The molecule has 1 aromatic rings. The molecule has 0 amide bonds. The van der Waals surface area contributed by atoms with E-state index in [-0.39, 0.29) is 6.61 Å². The minimum absolute atomic E-state index is 0.112. The molecule has 0 spiro atoms. The second-order valence-electron chi connectivity index (χ2n) is 4.56.